The van der Waals surface area contributed by atoms with Gasteiger partial charge in [-0.1, -0.05) is 29.7 Å². The lowest BCUT2D eigenvalue weighted by molar-refractivity contribution is 0.300. The third-order valence-electron chi connectivity index (χ3n) is 5.12. The first-order valence-electron chi connectivity index (χ1n) is 9.61. The summed E-state index contributed by atoms with van der Waals surface area (Å²) in [6, 6.07) is 14.0. The first-order valence-corrected chi connectivity index (χ1v) is 9.61. The van der Waals surface area contributed by atoms with Crippen molar-refractivity contribution in [3.05, 3.63) is 87.6 Å². The van der Waals surface area contributed by atoms with Crippen LogP contribution in [0.15, 0.2) is 59.7 Å². The highest BCUT2D eigenvalue weighted by Crippen LogP contribution is 2.22. The largest absolute Gasteiger partial charge is 0.487 e. The van der Waals surface area contributed by atoms with Crippen molar-refractivity contribution in [2.75, 3.05) is 7.05 Å². The van der Waals surface area contributed by atoms with Crippen LogP contribution in [0.1, 0.15) is 22.4 Å². The molecule has 0 atom stereocenters. The van der Waals surface area contributed by atoms with E-state index in [2.05, 4.69) is 35.1 Å². The highest BCUT2D eigenvalue weighted by molar-refractivity contribution is 6.31. The minimum Gasteiger partial charge on any atom is -0.487 e. The van der Waals surface area contributed by atoms with Gasteiger partial charge in [-0.25, -0.2) is 0 Å². The number of hydrogen-bond donors (Lipinski definition) is 0. The minimum atomic E-state index is -0.0461. The number of nitrogens with zero attached hydrogens (tertiary/aromatic N) is 3. The lowest BCUT2D eigenvalue weighted by Gasteiger charge is -2.10. The summed E-state index contributed by atoms with van der Waals surface area (Å²) in [4.78, 5) is 19.0. The third-order valence-corrected chi connectivity index (χ3v) is 5.12. The van der Waals surface area contributed by atoms with E-state index in [1.165, 1.54) is 16.7 Å². The number of aryl methyl sites for hydroxylation is 2. The third kappa shape index (κ3) is 4.34. The molecule has 0 saturated carbocycles. The number of hydrogen-bond acceptors (Lipinski definition) is 4. The number of rotatable bonds is 6. The zero-order valence-electron chi connectivity index (χ0n) is 16.4. The van der Waals surface area contributed by atoms with Crippen LogP contribution in [0.2, 0.25) is 0 Å². The summed E-state index contributed by atoms with van der Waals surface area (Å²) in [5.41, 5.74) is 5.99. The van der Waals surface area contributed by atoms with E-state index < -0.39 is 0 Å². The molecule has 0 radical (unpaired) electrons. The average molecular weight is 373 g/mol. The first kappa shape index (κ1) is 18.5. The van der Waals surface area contributed by atoms with Crippen LogP contribution in [-0.2, 0) is 32.7 Å². The fraction of sp³-hybridized carbons (Fsp3) is 0.273. The molecule has 1 aliphatic rings. The summed E-state index contributed by atoms with van der Waals surface area (Å²) in [7, 11) is 4.14. The molecule has 142 valence electrons. The molecule has 0 N–H and O–H groups in total. The molecule has 0 saturated heterocycles. The zero-order valence-corrected chi connectivity index (χ0v) is 16.4. The number of fused-ring (bicyclic) bond motifs is 1. The molecule has 6 heteroatoms. The van der Waals surface area contributed by atoms with Crippen molar-refractivity contribution in [3.63, 3.8) is 0 Å². The standard InChI is InChI=1S/C22H24BN3O2/c1-25-13-17-3-2-16(10-18(17)14-25)6-8-26-9-7-21(11-22(26)27)28-15-20-5-4-19(23)12-24-20/h2-5,7,9-12H,6,8,13-15,23H2,1H3. The van der Waals surface area contributed by atoms with Crippen molar-refractivity contribution in [1.29, 1.82) is 0 Å². The second kappa shape index (κ2) is 8.03. The van der Waals surface area contributed by atoms with Gasteiger partial charge >= 0.3 is 0 Å². The van der Waals surface area contributed by atoms with Gasteiger partial charge in [-0.05, 0) is 42.3 Å². The molecule has 4 rings (SSSR count). The fourth-order valence-corrected chi connectivity index (χ4v) is 3.53. The minimum absolute atomic E-state index is 0.0461. The molecule has 0 spiro atoms. The van der Waals surface area contributed by atoms with Gasteiger partial charge in [-0.2, -0.15) is 0 Å². The van der Waals surface area contributed by atoms with Crippen molar-refractivity contribution in [2.24, 2.45) is 0 Å². The molecule has 2 aromatic heterocycles. The van der Waals surface area contributed by atoms with Crippen molar-refractivity contribution in [3.8, 4) is 5.75 Å². The van der Waals surface area contributed by atoms with Crippen LogP contribution in [-0.4, -0.2) is 29.3 Å². The SMILES string of the molecule is Bc1ccc(COc2ccn(CCc3ccc4c(c3)CN(C)C4)c(=O)c2)nc1. The molecule has 0 unspecified atom stereocenters. The maximum absolute atomic E-state index is 12.4. The Morgan fingerprint density at radius 2 is 1.96 bits per heavy atom. The Kier molecular flexibility index (Phi) is 5.30. The number of pyridine rings is 2. The Hall–Kier alpha value is -2.86. The smallest absolute Gasteiger partial charge is 0.254 e. The summed E-state index contributed by atoms with van der Waals surface area (Å²) < 4.78 is 7.44. The molecule has 1 aromatic carbocycles. The summed E-state index contributed by atoms with van der Waals surface area (Å²) in [5, 5.41) is 0. The fourth-order valence-electron chi connectivity index (χ4n) is 3.53. The maximum atomic E-state index is 12.4. The molecule has 0 fully saturated rings. The molecule has 28 heavy (non-hydrogen) atoms. The molecule has 3 heterocycles. The highest BCUT2D eigenvalue weighted by atomic mass is 16.5. The number of benzene rings is 1. The van der Waals surface area contributed by atoms with Crippen LogP contribution < -0.4 is 15.8 Å². The zero-order chi connectivity index (χ0) is 19.5. The lowest BCUT2D eigenvalue weighted by Crippen LogP contribution is -2.19. The topological polar surface area (TPSA) is 47.4 Å². The summed E-state index contributed by atoms with van der Waals surface area (Å²) in [6.45, 7) is 3.04. The predicted molar refractivity (Wildman–Crippen MR) is 113 cm³/mol. The van der Waals surface area contributed by atoms with Crippen molar-refractivity contribution in [2.45, 2.75) is 32.7 Å². The Balaban J connectivity index is 1.36. The molecular formula is C22H24BN3O2. The Morgan fingerprint density at radius 1 is 1.11 bits per heavy atom. The van der Waals surface area contributed by atoms with E-state index in [1.54, 1.807) is 16.8 Å². The van der Waals surface area contributed by atoms with Crippen LogP contribution >= 0.6 is 0 Å². The molecule has 0 bridgehead atoms. The second-order valence-electron chi connectivity index (χ2n) is 7.53. The van der Waals surface area contributed by atoms with E-state index >= 15 is 0 Å². The Morgan fingerprint density at radius 3 is 2.75 bits per heavy atom. The van der Waals surface area contributed by atoms with Crippen molar-refractivity contribution >= 4 is 13.3 Å². The number of ether oxygens (including phenoxy) is 1. The van der Waals surface area contributed by atoms with Gasteiger partial charge in [0.15, 0.2) is 0 Å². The molecule has 0 aliphatic carbocycles. The average Bonchev–Trinajstić information content (AvgIpc) is 3.06. The van der Waals surface area contributed by atoms with Crippen LogP contribution in [0.5, 0.6) is 5.75 Å². The molecular weight excluding hydrogens is 349 g/mol. The predicted octanol–water partition coefficient (Wildman–Crippen LogP) is 1.27. The van der Waals surface area contributed by atoms with E-state index in [0.717, 1.165) is 30.7 Å². The van der Waals surface area contributed by atoms with Crippen LogP contribution in [0.4, 0.5) is 0 Å². The summed E-state index contributed by atoms with van der Waals surface area (Å²) >= 11 is 0. The van der Waals surface area contributed by atoms with E-state index in [0.29, 0.717) is 18.9 Å². The van der Waals surface area contributed by atoms with Gasteiger partial charge < -0.3 is 9.30 Å². The Labute approximate surface area is 166 Å². The Bertz CT molecular complexity index is 1030. The van der Waals surface area contributed by atoms with Gasteiger partial charge in [0, 0.05) is 38.1 Å². The van der Waals surface area contributed by atoms with Crippen molar-refractivity contribution in [1.82, 2.24) is 14.5 Å². The highest BCUT2D eigenvalue weighted by Gasteiger charge is 2.15. The maximum Gasteiger partial charge on any atom is 0.254 e. The molecule has 3 aromatic rings. The summed E-state index contributed by atoms with van der Waals surface area (Å²) in [5.74, 6) is 0.573. The number of aromatic nitrogens is 2. The van der Waals surface area contributed by atoms with Gasteiger partial charge in [0.25, 0.3) is 5.56 Å². The monoisotopic (exact) mass is 373 g/mol. The lowest BCUT2D eigenvalue weighted by atomic mass is 9.99. The molecule has 5 nitrogen and oxygen atoms in total. The normalized spacial score (nSPS) is 13.5. The molecule has 0 amide bonds. The molecule has 1 aliphatic heterocycles. The van der Waals surface area contributed by atoms with Gasteiger partial charge in [0.1, 0.15) is 20.2 Å². The van der Waals surface area contributed by atoms with Gasteiger partial charge in [-0.15, -0.1) is 0 Å². The van der Waals surface area contributed by atoms with E-state index in [9.17, 15) is 4.79 Å². The second-order valence-corrected chi connectivity index (χ2v) is 7.53. The summed E-state index contributed by atoms with van der Waals surface area (Å²) in [6.07, 6.45) is 4.46. The van der Waals surface area contributed by atoms with Gasteiger partial charge in [0.2, 0.25) is 0 Å². The van der Waals surface area contributed by atoms with E-state index in [1.807, 2.05) is 32.2 Å². The quantitative estimate of drug-likeness (QED) is 0.611. The van der Waals surface area contributed by atoms with Gasteiger partial charge in [0.05, 0.1) is 5.69 Å². The van der Waals surface area contributed by atoms with E-state index in [-0.39, 0.29) is 5.56 Å². The van der Waals surface area contributed by atoms with Gasteiger partial charge in [-0.3, -0.25) is 14.7 Å². The van der Waals surface area contributed by atoms with E-state index in [4.69, 9.17) is 4.74 Å². The first-order chi connectivity index (χ1) is 13.6. The van der Waals surface area contributed by atoms with Crippen LogP contribution in [0.25, 0.3) is 0 Å². The van der Waals surface area contributed by atoms with Crippen molar-refractivity contribution < 1.29 is 4.74 Å². The van der Waals surface area contributed by atoms with Crippen LogP contribution in [0.3, 0.4) is 0 Å². The van der Waals surface area contributed by atoms with Crippen LogP contribution in [0, 0.1) is 0 Å².